The number of halogens is 1. The second-order valence-corrected chi connectivity index (χ2v) is 5.10. The van der Waals surface area contributed by atoms with Crippen LogP contribution in [0.25, 0.3) is 11.1 Å². The van der Waals surface area contributed by atoms with E-state index in [4.69, 9.17) is 4.74 Å². The van der Waals surface area contributed by atoms with Gasteiger partial charge in [0.15, 0.2) is 5.78 Å². The Labute approximate surface area is 148 Å². The third-order valence-electron chi connectivity index (χ3n) is 3.42. The van der Waals surface area contributed by atoms with Crippen molar-refractivity contribution >= 4 is 24.2 Å². The summed E-state index contributed by atoms with van der Waals surface area (Å²) in [6, 6.07) is 17.6. The Hall–Kier alpha value is -2.17. The van der Waals surface area contributed by atoms with Crippen molar-refractivity contribution in [2.45, 2.75) is 13.3 Å². The number of hydrogen-bond acceptors (Lipinski definition) is 4. The van der Waals surface area contributed by atoms with Crippen molar-refractivity contribution in [3.63, 3.8) is 0 Å². The zero-order chi connectivity index (χ0) is 16.5. The molecule has 0 atom stereocenters. The van der Waals surface area contributed by atoms with E-state index in [1.54, 1.807) is 6.92 Å². The lowest BCUT2D eigenvalue weighted by Gasteiger charge is -2.06. The van der Waals surface area contributed by atoms with Gasteiger partial charge >= 0.3 is 5.97 Å². The largest absolute Gasteiger partial charge is 0.465 e. The standard InChI is InChI=1S/C19H21NO3.ClH/c1-2-23-19(22)14-20-13-12-18(21)17-10-8-16(9-11-17)15-6-4-3-5-7-15;/h3-11,20H,2,12-14H2,1H3;1H. The van der Waals surface area contributed by atoms with E-state index in [1.165, 1.54) is 0 Å². The summed E-state index contributed by atoms with van der Waals surface area (Å²) in [5, 5.41) is 2.91. The SMILES string of the molecule is CCOC(=O)CNCCC(=O)c1ccc(-c2ccccc2)cc1.Cl. The highest BCUT2D eigenvalue weighted by molar-refractivity contribution is 5.96. The van der Waals surface area contributed by atoms with Crippen LogP contribution in [0.5, 0.6) is 0 Å². The zero-order valence-corrected chi connectivity index (χ0v) is 14.5. The predicted molar refractivity (Wildman–Crippen MR) is 97.6 cm³/mol. The molecular formula is C19H22ClNO3. The van der Waals surface area contributed by atoms with Crippen LogP contribution in [0.3, 0.4) is 0 Å². The maximum Gasteiger partial charge on any atom is 0.319 e. The third-order valence-corrected chi connectivity index (χ3v) is 3.42. The van der Waals surface area contributed by atoms with Crippen molar-refractivity contribution in [3.05, 3.63) is 60.2 Å². The first-order chi connectivity index (χ1) is 11.2. The summed E-state index contributed by atoms with van der Waals surface area (Å²) >= 11 is 0. The molecular weight excluding hydrogens is 326 g/mol. The third kappa shape index (κ3) is 6.14. The molecule has 0 heterocycles. The van der Waals surface area contributed by atoms with Gasteiger partial charge in [-0.25, -0.2) is 0 Å². The van der Waals surface area contributed by atoms with Crippen LogP contribution in [0.1, 0.15) is 23.7 Å². The van der Waals surface area contributed by atoms with Gasteiger partial charge in [-0.2, -0.15) is 0 Å². The summed E-state index contributed by atoms with van der Waals surface area (Å²) in [6.45, 7) is 2.72. The van der Waals surface area contributed by atoms with Gasteiger partial charge in [0.25, 0.3) is 0 Å². The summed E-state index contributed by atoms with van der Waals surface area (Å²) in [4.78, 5) is 23.3. The molecule has 0 unspecified atom stereocenters. The van der Waals surface area contributed by atoms with Crippen LogP contribution in [0, 0.1) is 0 Å². The number of carbonyl (C=O) groups excluding carboxylic acids is 2. The van der Waals surface area contributed by atoms with Crippen molar-refractivity contribution in [1.29, 1.82) is 0 Å². The minimum Gasteiger partial charge on any atom is -0.465 e. The van der Waals surface area contributed by atoms with E-state index >= 15 is 0 Å². The number of hydrogen-bond donors (Lipinski definition) is 1. The minimum absolute atomic E-state index is 0. The Morgan fingerprint density at radius 1 is 0.958 bits per heavy atom. The molecule has 0 fully saturated rings. The van der Waals surface area contributed by atoms with Gasteiger partial charge in [0.1, 0.15) is 0 Å². The average Bonchev–Trinajstić information content (AvgIpc) is 2.60. The van der Waals surface area contributed by atoms with Gasteiger partial charge in [-0.05, 0) is 18.1 Å². The van der Waals surface area contributed by atoms with Gasteiger partial charge in [0.05, 0.1) is 13.2 Å². The normalized spacial score (nSPS) is 9.88. The molecule has 0 saturated heterocycles. The number of carbonyl (C=O) groups is 2. The molecule has 24 heavy (non-hydrogen) atoms. The van der Waals surface area contributed by atoms with Crippen LogP contribution < -0.4 is 5.32 Å². The molecule has 5 heteroatoms. The Morgan fingerprint density at radius 2 is 1.58 bits per heavy atom. The molecule has 0 spiro atoms. The molecule has 2 aromatic carbocycles. The van der Waals surface area contributed by atoms with Crippen molar-refractivity contribution < 1.29 is 14.3 Å². The van der Waals surface area contributed by atoms with Crippen LogP contribution in [-0.4, -0.2) is 31.4 Å². The molecule has 4 nitrogen and oxygen atoms in total. The Morgan fingerprint density at radius 3 is 2.21 bits per heavy atom. The van der Waals surface area contributed by atoms with Gasteiger partial charge < -0.3 is 10.1 Å². The molecule has 0 saturated carbocycles. The molecule has 0 aliphatic carbocycles. The van der Waals surface area contributed by atoms with E-state index < -0.39 is 0 Å². The lowest BCUT2D eigenvalue weighted by molar-refractivity contribution is -0.141. The minimum atomic E-state index is -0.299. The Balaban J connectivity index is 0.00000288. The van der Waals surface area contributed by atoms with E-state index in [9.17, 15) is 9.59 Å². The number of ether oxygens (including phenoxy) is 1. The molecule has 2 rings (SSSR count). The van der Waals surface area contributed by atoms with E-state index in [1.807, 2.05) is 54.6 Å². The maximum absolute atomic E-state index is 12.1. The number of ketones is 1. The van der Waals surface area contributed by atoms with Crippen LogP contribution in [0.2, 0.25) is 0 Å². The lowest BCUT2D eigenvalue weighted by atomic mass is 10.0. The number of esters is 1. The fraction of sp³-hybridized carbons (Fsp3) is 0.263. The number of Topliss-reactive ketones (excluding diaryl/α,β-unsaturated/α-hetero) is 1. The summed E-state index contributed by atoms with van der Waals surface area (Å²) < 4.78 is 4.80. The van der Waals surface area contributed by atoms with Crippen LogP contribution in [0.4, 0.5) is 0 Å². The highest BCUT2D eigenvalue weighted by Gasteiger charge is 2.07. The highest BCUT2D eigenvalue weighted by atomic mass is 35.5. The monoisotopic (exact) mass is 347 g/mol. The number of nitrogens with one attached hydrogen (secondary N) is 1. The van der Waals surface area contributed by atoms with Gasteiger partial charge in [0.2, 0.25) is 0 Å². The van der Waals surface area contributed by atoms with Crippen LogP contribution in [-0.2, 0) is 9.53 Å². The maximum atomic E-state index is 12.1. The summed E-state index contributed by atoms with van der Waals surface area (Å²) in [5.41, 5.74) is 2.90. The van der Waals surface area contributed by atoms with Gasteiger partial charge in [-0.3, -0.25) is 9.59 Å². The van der Waals surface area contributed by atoms with Crippen molar-refractivity contribution in [2.24, 2.45) is 0 Å². The van der Waals surface area contributed by atoms with Gasteiger partial charge in [0, 0.05) is 18.5 Å². The Bertz CT molecular complexity index is 641. The summed E-state index contributed by atoms with van der Waals surface area (Å²) in [5.74, 6) is -0.242. The van der Waals surface area contributed by atoms with Crippen molar-refractivity contribution in [2.75, 3.05) is 19.7 Å². The predicted octanol–water partition coefficient (Wildman–Crippen LogP) is 3.50. The second-order valence-electron chi connectivity index (χ2n) is 5.10. The molecule has 0 radical (unpaired) electrons. The number of benzene rings is 2. The molecule has 1 N–H and O–H groups in total. The van der Waals surface area contributed by atoms with Gasteiger partial charge in [-0.15, -0.1) is 12.4 Å². The molecule has 0 amide bonds. The Kier molecular flexibility index (Phi) is 8.76. The first kappa shape index (κ1) is 19.9. The first-order valence-corrected chi connectivity index (χ1v) is 7.75. The lowest BCUT2D eigenvalue weighted by Crippen LogP contribution is -2.26. The molecule has 0 aliphatic rings. The van der Waals surface area contributed by atoms with Gasteiger partial charge in [-0.1, -0.05) is 54.6 Å². The quantitative estimate of drug-likeness (QED) is 0.451. The van der Waals surface area contributed by atoms with Crippen LogP contribution >= 0.6 is 12.4 Å². The fourth-order valence-corrected chi connectivity index (χ4v) is 2.23. The van der Waals surface area contributed by atoms with E-state index in [0.29, 0.717) is 25.1 Å². The molecule has 0 aliphatic heterocycles. The summed E-state index contributed by atoms with van der Waals surface area (Å²) in [7, 11) is 0. The second kappa shape index (κ2) is 10.6. The number of rotatable bonds is 8. The topological polar surface area (TPSA) is 55.4 Å². The van der Waals surface area contributed by atoms with Crippen LogP contribution in [0.15, 0.2) is 54.6 Å². The molecule has 128 valence electrons. The van der Waals surface area contributed by atoms with E-state index in [0.717, 1.165) is 11.1 Å². The summed E-state index contributed by atoms with van der Waals surface area (Å²) in [6.07, 6.45) is 0.351. The first-order valence-electron chi connectivity index (χ1n) is 7.75. The fourth-order valence-electron chi connectivity index (χ4n) is 2.23. The molecule has 0 bridgehead atoms. The van der Waals surface area contributed by atoms with Crippen molar-refractivity contribution in [3.8, 4) is 11.1 Å². The van der Waals surface area contributed by atoms with Crippen molar-refractivity contribution in [1.82, 2.24) is 5.32 Å². The smallest absolute Gasteiger partial charge is 0.319 e. The molecule has 2 aromatic rings. The molecule has 0 aromatic heterocycles. The zero-order valence-electron chi connectivity index (χ0n) is 13.7. The highest BCUT2D eigenvalue weighted by Crippen LogP contribution is 2.19. The van der Waals surface area contributed by atoms with E-state index in [2.05, 4.69) is 5.32 Å². The van der Waals surface area contributed by atoms with E-state index in [-0.39, 0.29) is 30.7 Å². The average molecular weight is 348 g/mol.